The molecular formula is C12H15BrN6S. The van der Waals surface area contributed by atoms with Crippen molar-refractivity contribution in [3.8, 4) is 0 Å². The van der Waals surface area contributed by atoms with Crippen LogP contribution in [0.2, 0.25) is 0 Å². The van der Waals surface area contributed by atoms with E-state index in [0.717, 1.165) is 17.6 Å². The Morgan fingerprint density at radius 1 is 1.30 bits per heavy atom. The van der Waals surface area contributed by atoms with Crippen LogP contribution in [0.15, 0.2) is 15.9 Å². The molecule has 0 amide bonds. The number of nitrogens with two attached hydrogens (primary N) is 1. The van der Waals surface area contributed by atoms with E-state index in [2.05, 4.69) is 52.5 Å². The Balaban J connectivity index is 1.72. The van der Waals surface area contributed by atoms with E-state index in [-0.39, 0.29) is 5.95 Å². The molecule has 0 unspecified atom stereocenters. The highest BCUT2D eigenvalue weighted by molar-refractivity contribution is 9.10. The topological polar surface area (TPSA) is 80.0 Å². The number of hydrogen-bond donors (Lipinski definition) is 2. The van der Waals surface area contributed by atoms with Crippen molar-refractivity contribution < 1.29 is 0 Å². The van der Waals surface area contributed by atoms with Gasteiger partial charge in [-0.2, -0.15) is 15.0 Å². The molecule has 6 nitrogen and oxygen atoms in total. The van der Waals surface area contributed by atoms with Crippen LogP contribution in [0.4, 0.5) is 17.8 Å². The number of hydrogen-bond acceptors (Lipinski definition) is 7. The van der Waals surface area contributed by atoms with Crippen molar-refractivity contribution in [3.05, 3.63) is 20.8 Å². The fourth-order valence-electron chi connectivity index (χ4n) is 2.13. The van der Waals surface area contributed by atoms with Gasteiger partial charge in [0.25, 0.3) is 0 Å². The number of rotatable bonds is 4. The molecule has 0 radical (unpaired) electrons. The van der Waals surface area contributed by atoms with E-state index < -0.39 is 0 Å². The van der Waals surface area contributed by atoms with E-state index in [9.17, 15) is 0 Å². The monoisotopic (exact) mass is 354 g/mol. The first-order valence-electron chi connectivity index (χ1n) is 6.44. The second-order valence-corrected chi connectivity index (χ2v) is 6.51. The molecule has 1 aliphatic heterocycles. The van der Waals surface area contributed by atoms with Crippen LogP contribution in [0.5, 0.6) is 0 Å². The summed E-state index contributed by atoms with van der Waals surface area (Å²) < 4.78 is 1.09. The van der Waals surface area contributed by atoms with Crippen LogP contribution in [0.25, 0.3) is 0 Å². The van der Waals surface area contributed by atoms with E-state index in [1.54, 1.807) is 11.3 Å². The SMILES string of the molecule is Nc1nc(NCc2cc(Br)cs2)nc(N2CCCC2)n1. The number of aromatic nitrogens is 3. The number of anilines is 3. The molecule has 3 heterocycles. The van der Waals surface area contributed by atoms with Crippen LogP contribution in [0, 0.1) is 0 Å². The lowest BCUT2D eigenvalue weighted by molar-refractivity contribution is 0.882. The highest BCUT2D eigenvalue weighted by Gasteiger charge is 2.16. The first-order valence-corrected chi connectivity index (χ1v) is 8.11. The van der Waals surface area contributed by atoms with Crippen LogP contribution in [-0.2, 0) is 6.54 Å². The van der Waals surface area contributed by atoms with Gasteiger partial charge in [-0.05, 0) is 34.8 Å². The molecule has 0 spiro atoms. The van der Waals surface area contributed by atoms with Gasteiger partial charge in [0.05, 0.1) is 6.54 Å². The number of nitrogens with one attached hydrogen (secondary N) is 1. The Bertz CT molecular complexity index is 595. The second-order valence-electron chi connectivity index (χ2n) is 4.60. The summed E-state index contributed by atoms with van der Waals surface area (Å²) in [6.45, 7) is 2.65. The van der Waals surface area contributed by atoms with Crippen molar-refractivity contribution in [2.75, 3.05) is 29.0 Å². The van der Waals surface area contributed by atoms with Crippen LogP contribution in [0.3, 0.4) is 0 Å². The van der Waals surface area contributed by atoms with Crippen LogP contribution >= 0.6 is 27.3 Å². The number of thiophene rings is 1. The third-order valence-electron chi connectivity index (χ3n) is 3.07. The Kier molecular flexibility index (Phi) is 4.02. The van der Waals surface area contributed by atoms with Crippen molar-refractivity contribution in [3.63, 3.8) is 0 Å². The summed E-state index contributed by atoms with van der Waals surface area (Å²) in [7, 11) is 0. The van der Waals surface area contributed by atoms with Gasteiger partial charge in [0.1, 0.15) is 0 Å². The molecule has 3 rings (SSSR count). The first kappa shape index (κ1) is 13.6. The van der Waals surface area contributed by atoms with Crippen molar-refractivity contribution in [1.29, 1.82) is 0 Å². The van der Waals surface area contributed by atoms with Gasteiger partial charge in [0.15, 0.2) is 0 Å². The predicted octanol–water partition coefficient (Wildman–Crippen LogP) is 2.49. The maximum atomic E-state index is 5.77. The Morgan fingerprint density at radius 2 is 2.10 bits per heavy atom. The molecular weight excluding hydrogens is 340 g/mol. The Labute approximate surface area is 129 Å². The minimum absolute atomic E-state index is 0.261. The molecule has 106 valence electrons. The molecule has 1 saturated heterocycles. The molecule has 1 fully saturated rings. The normalized spacial score (nSPS) is 14.8. The highest BCUT2D eigenvalue weighted by atomic mass is 79.9. The number of nitrogens with zero attached hydrogens (tertiary/aromatic N) is 4. The quantitative estimate of drug-likeness (QED) is 0.877. The molecule has 1 aliphatic rings. The lowest BCUT2D eigenvalue weighted by atomic mass is 10.4. The zero-order chi connectivity index (χ0) is 13.9. The minimum Gasteiger partial charge on any atom is -0.368 e. The van der Waals surface area contributed by atoms with Gasteiger partial charge >= 0.3 is 0 Å². The Hall–Kier alpha value is -1.41. The van der Waals surface area contributed by atoms with E-state index in [0.29, 0.717) is 18.4 Å². The summed E-state index contributed by atoms with van der Waals surface area (Å²) in [6, 6.07) is 2.07. The molecule has 0 bridgehead atoms. The predicted molar refractivity (Wildman–Crippen MR) is 85.0 cm³/mol. The molecule has 0 atom stereocenters. The average molecular weight is 355 g/mol. The standard InChI is InChI=1S/C12H15BrN6S/c13-8-5-9(20-7-8)6-15-11-16-10(14)17-12(18-11)19-3-1-2-4-19/h5,7H,1-4,6H2,(H3,14,15,16,17,18). The number of halogens is 1. The van der Waals surface area contributed by atoms with Crippen LogP contribution in [-0.4, -0.2) is 28.0 Å². The van der Waals surface area contributed by atoms with Crippen molar-refractivity contribution in [1.82, 2.24) is 15.0 Å². The molecule has 0 aromatic carbocycles. The smallest absolute Gasteiger partial charge is 0.231 e. The molecule has 8 heteroatoms. The van der Waals surface area contributed by atoms with Crippen molar-refractivity contribution in [2.24, 2.45) is 0 Å². The lowest BCUT2D eigenvalue weighted by Gasteiger charge is -2.15. The molecule has 3 N–H and O–H groups in total. The van der Waals surface area contributed by atoms with Gasteiger partial charge in [-0.15, -0.1) is 11.3 Å². The molecule has 0 saturated carbocycles. The summed E-state index contributed by atoms with van der Waals surface area (Å²) >= 11 is 5.12. The Morgan fingerprint density at radius 3 is 2.80 bits per heavy atom. The highest BCUT2D eigenvalue weighted by Crippen LogP contribution is 2.21. The zero-order valence-electron chi connectivity index (χ0n) is 10.8. The third kappa shape index (κ3) is 3.18. The van der Waals surface area contributed by atoms with E-state index in [1.165, 1.54) is 17.7 Å². The lowest BCUT2D eigenvalue weighted by Crippen LogP contribution is -2.22. The summed E-state index contributed by atoms with van der Waals surface area (Å²) in [5.74, 6) is 1.46. The van der Waals surface area contributed by atoms with Crippen LogP contribution < -0.4 is 16.0 Å². The molecule has 2 aromatic heterocycles. The van der Waals surface area contributed by atoms with E-state index >= 15 is 0 Å². The zero-order valence-corrected chi connectivity index (χ0v) is 13.2. The fraction of sp³-hybridized carbons (Fsp3) is 0.417. The van der Waals surface area contributed by atoms with Gasteiger partial charge in [0.2, 0.25) is 17.8 Å². The van der Waals surface area contributed by atoms with Crippen molar-refractivity contribution >= 4 is 45.1 Å². The largest absolute Gasteiger partial charge is 0.368 e. The second kappa shape index (κ2) is 5.92. The van der Waals surface area contributed by atoms with Crippen LogP contribution in [0.1, 0.15) is 17.7 Å². The fourth-order valence-corrected chi connectivity index (χ4v) is 3.52. The summed E-state index contributed by atoms with van der Waals surface area (Å²) in [6.07, 6.45) is 2.36. The molecule has 0 aliphatic carbocycles. The van der Waals surface area contributed by atoms with Gasteiger partial charge in [-0.25, -0.2) is 0 Å². The third-order valence-corrected chi connectivity index (χ3v) is 4.77. The molecule has 20 heavy (non-hydrogen) atoms. The van der Waals surface area contributed by atoms with E-state index in [4.69, 9.17) is 5.73 Å². The minimum atomic E-state index is 0.261. The summed E-state index contributed by atoms with van der Waals surface area (Å²) in [5.41, 5.74) is 5.77. The summed E-state index contributed by atoms with van der Waals surface area (Å²) in [5, 5.41) is 5.25. The first-order chi connectivity index (χ1) is 9.70. The molecule has 2 aromatic rings. The average Bonchev–Trinajstić information content (AvgIpc) is 3.07. The van der Waals surface area contributed by atoms with Gasteiger partial charge in [0, 0.05) is 27.8 Å². The summed E-state index contributed by atoms with van der Waals surface area (Å²) in [4.78, 5) is 16.1. The van der Waals surface area contributed by atoms with Gasteiger partial charge in [-0.3, -0.25) is 0 Å². The van der Waals surface area contributed by atoms with E-state index in [1.807, 2.05) is 0 Å². The maximum absolute atomic E-state index is 5.77. The number of nitrogen functional groups attached to an aromatic ring is 1. The maximum Gasteiger partial charge on any atom is 0.231 e. The van der Waals surface area contributed by atoms with Crippen molar-refractivity contribution in [2.45, 2.75) is 19.4 Å². The van der Waals surface area contributed by atoms with Gasteiger partial charge < -0.3 is 16.0 Å². The van der Waals surface area contributed by atoms with Gasteiger partial charge in [-0.1, -0.05) is 0 Å².